The molecule has 0 atom stereocenters. The molecule has 0 saturated carbocycles. The van der Waals surface area contributed by atoms with Crippen LogP contribution in [-0.4, -0.2) is 10.9 Å². The van der Waals surface area contributed by atoms with Crippen LogP contribution in [-0.2, 0) is 4.79 Å². The van der Waals surface area contributed by atoms with Crippen LogP contribution in [0.3, 0.4) is 0 Å². The zero-order valence-corrected chi connectivity index (χ0v) is 6.06. The van der Waals surface area contributed by atoms with Gasteiger partial charge in [0.05, 0.1) is 5.76 Å². The maximum absolute atomic E-state index is 10.6. The van der Waals surface area contributed by atoms with E-state index >= 15 is 0 Å². The largest absolute Gasteiger partial charge is 0.512 e. The Labute approximate surface area is 55.2 Å². The minimum atomic E-state index is -0.0440. The van der Waals surface area contributed by atoms with Gasteiger partial charge in [-0.3, -0.25) is 4.79 Å². The standard InChI is InChI=1S/C7H12O2/c1-4-7(5(2)8)6(3)9/h8H,4H2,1-3H3. The van der Waals surface area contributed by atoms with Gasteiger partial charge in [-0.1, -0.05) is 6.92 Å². The van der Waals surface area contributed by atoms with E-state index in [2.05, 4.69) is 0 Å². The molecule has 52 valence electrons. The predicted molar refractivity (Wildman–Crippen MR) is 36.3 cm³/mol. The van der Waals surface area contributed by atoms with Crippen molar-refractivity contribution < 1.29 is 9.90 Å². The van der Waals surface area contributed by atoms with E-state index in [1.807, 2.05) is 6.92 Å². The van der Waals surface area contributed by atoms with E-state index < -0.39 is 0 Å². The Bertz CT molecular complexity index is 141. The van der Waals surface area contributed by atoms with Gasteiger partial charge in [-0.05, 0) is 20.3 Å². The first kappa shape index (κ1) is 8.21. The van der Waals surface area contributed by atoms with Gasteiger partial charge in [-0.15, -0.1) is 0 Å². The fourth-order valence-electron chi connectivity index (χ4n) is 0.760. The van der Waals surface area contributed by atoms with E-state index in [-0.39, 0.29) is 11.5 Å². The van der Waals surface area contributed by atoms with E-state index in [0.29, 0.717) is 12.0 Å². The fourth-order valence-corrected chi connectivity index (χ4v) is 0.760. The second kappa shape index (κ2) is 3.28. The Kier molecular flexibility index (Phi) is 2.99. The summed E-state index contributed by atoms with van der Waals surface area (Å²) in [5.74, 6) is 0.0995. The van der Waals surface area contributed by atoms with Gasteiger partial charge in [0.15, 0.2) is 5.78 Å². The van der Waals surface area contributed by atoms with Crippen LogP contribution in [0.4, 0.5) is 0 Å². The zero-order chi connectivity index (χ0) is 7.44. The summed E-state index contributed by atoms with van der Waals surface area (Å²) in [7, 11) is 0. The molecular formula is C7H12O2. The number of Topliss-reactive ketones (excluding diaryl/α,β-unsaturated/α-hetero) is 1. The van der Waals surface area contributed by atoms with E-state index in [1.165, 1.54) is 13.8 Å². The maximum Gasteiger partial charge on any atom is 0.159 e. The zero-order valence-electron chi connectivity index (χ0n) is 6.06. The van der Waals surface area contributed by atoms with Crippen LogP contribution in [0.15, 0.2) is 11.3 Å². The molecule has 9 heavy (non-hydrogen) atoms. The summed E-state index contributed by atoms with van der Waals surface area (Å²) in [6.07, 6.45) is 0.609. The SMILES string of the molecule is CCC(C(C)=O)=C(C)O. The van der Waals surface area contributed by atoms with Gasteiger partial charge in [0, 0.05) is 5.57 Å². The summed E-state index contributed by atoms with van der Waals surface area (Å²) >= 11 is 0. The molecule has 0 aromatic carbocycles. The number of hydrogen-bond donors (Lipinski definition) is 1. The molecule has 0 aromatic heterocycles. The van der Waals surface area contributed by atoms with E-state index in [0.717, 1.165) is 0 Å². The van der Waals surface area contributed by atoms with Crippen LogP contribution < -0.4 is 0 Å². The second-order valence-corrected chi connectivity index (χ2v) is 1.97. The highest BCUT2D eigenvalue weighted by Gasteiger charge is 2.03. The van der Waals surface area contributed by atoms with Crippen molar-refractivity contribution in [3.8, 4) is 0 Å². The van der Waals surface area contributed by atoms with E-state index in [9.17, 15) is 4.79 Å². The smallest absolute Gasteiger partial charge is 0.159 e. The van der Waals surface area contributed by atoms with Crippen LogP contribution in [0.5, 0.6) is 0 Å². The number of ketones is 1. The number of aliphatic hydroxyl groups is 1. The summed E-state index contributed by atoms with van der Waals surface area (Å²) in [5, 5.41) is 8.84. The number of carbonyl (C=O) groups is 1. The van der Waals surface area contributed by atoms with Crippen molar-refractivity contribution in [3.05, 3.63) is 11.3 Å². The van der Waals surface area contributed by atoms with Crippen molar-refractivity contribution in [2.45, 2.75) is 27.2 Å². The van der Waals surface area contributed by atoms with Crippen molar-refractivity contribution in [1.82, 2.24) is 0 Å². The second-order valence-electron chi connectivity index (χ2n) is 1.97. The van der Waals surface area contributed by atoms with Gasteiger partial charge in [-0.25, -0.2) is 0 Å². The predicted octanol–water partition coefficient (Wildman–Crippen LogP) is 1.82. The minimum Gasteiger partial charge on any atom is -0.512 e. The van der Waals surface area contributed by atoms with Crippen LogP contribution in [0, 0.1) is 0 Å². The fraction of sp³-hybridized carbons (Fsp3) is 0.571. The molecule has 1 N–H and O–H groups in total. The molecule has 0 aliphatic heterocycles. The molecule has 0 fully saturated rings. The average molecular weight is 128 g/mol. The van der Waals surface area contributed by atoms with Gasteiger partial charge < -0.3 is 5.11 Å². The third-order valence-electron chi connectivity index (χ3n) is 1.22. The third kappa shape index (κ3) is 2.31. The van der Waals surface area contributed by atoms with Crippen LogP contribution in [0.2, 0.25) is 0 Å². The molecule has 0 saturated heterocycles. The number of aliphatic hydroxyl groups excluding tert-OH is 1. The van der Waals surface area contributed by atoms with Gasteiger partial charge in [0.25, 0.3) is 0 Å². The first-order valence-electron chi connectivity index (χ1n) is 2.99. The normalized spacial score (nSPS) is 12.8. The lowest BCUT2D eigenvalue weighted by Crippen LogP contribution is -1.97. The summed E-state index contributed by atoms with van der Waals surface area (Å²) in [4.78, 5) is 10.6. The summed E-state index contributed by atoms with van der Waals surface area (Å²) < 4.78 is 0. The molecule has 0 aliphatic rings. The molecule has 0 bridgehead atoms. The van der Waals surface area contributed by atoms with Crippen molar-refractivity contribution >= 4 is 5.78 Å². The van der Waals surface area contributed by atoms with E-state index in [1.54, 1.807) is 0 Å². The Balaban J connectivity index is 4.35. The van der Waals surface area contributed by atoms with Crippen molar-refractivity contribution in [2.24, 2.45) is 0 Å². The third-order valence-corrected chi connectivity index (χ3v) is 1.22. The van der Waals surface area contributed by atoms with Crippen molar-refractivity contribution in [3.63, 3.8) is 0 Å². The molecule has 0 spiro atoms. The molecule has 0 heterocycles. The van der Waals surface area contributed by atoms with Crippen molar-refractivity contribution in [2.75, 3.05) is 0 Å². The lowest BCUT2D eigenvalue weighted by molar-refractivity contribution is -0.113. The molecule has 0 radical (unpaired) electrons. The lowest BCUT2D eigenvalue weighted by atomic mass is 10.1. The number of rotatable bonds is 2. The monoisotopic (exact) mass is 128 g/mol. The first-order valence-corrected chi connectivity index (χ1v) is 2.99. The Morgan fingerprint density at radius 2 is 1.89 bits per heavy atom. The minimum absolute atomic E-state index is 0.0440. The Morgan fingerprint density at radius 1 is 1.44 bits per heavy atom. The number of carbonyl (C=O) groups excluding carboxylic acids is 1. The molecule has 0 aliphatic carbocycles. The topological polar surface area (TPSA) is 37.3 Å². The molecule has 0 unspecified atom stereocenters. The molecule has 0 aromatic rings. The molecule has 2 nitrogen and oxygen atoms in total. The summed E-state index contributed by atoms with van der Waals surface area (Å²) in [6.45, 7) is 4.83. The summed E-state index contributed by atoms with van der Waals surface area (Å²) in [5.41, 5.74) is 0.523. The molecular weight excluding hydrogens is 116 g/mol. The Hall–Kier alpha value is -0.790. The average Bonchev–Trinajstić information content (AvgIpc) is 1.64. The van der Waals surface area contributed by atoms with Gasteiger partial charge in [0.1, 0.15) is 0 Å². The molecule has 0 rings (SSSR count). The first-order chi connectivity index (χ1) is 4.09. The lowest BCUT2D eigenvalue weighted by Gasteiger charge is -1.98. The quantitative estimate of drug-likeness (QED) is 0.455. The van der Waals surface area contributed by atoms with Gasteiger partial charge in [-0.2, -0.15) is 0 Å². The van der Waals surface area contributed by atoms with Crippen LogP contribution in [0.25, 0.3) is 0 Å². The van der Waals surface area contributed by atoms with Gasteiger partial charge in [0.2, 0.25) is 0 Å². The van der Waals surface area contributed by atoms with E-state index in [4.69, 9.17) is 5.11 Å². The highest BCUT2D eigenvalue weighted by Crippen LogP contribution is 2.05. The molecule has 0 amide bonds. The number of hydrogen-bond acceptors (Lipinski definition) is 2. The maximum atomic E-state index is 10.6. The highest BCUT2D eigenvalue weighted by molar-refractivity contribution is 5.93. The van der Waals surface area contributed by atoms with Crippen molar-refractivity contribution in [1.29, 1.82) is 0 Å². The summed E-state index contributed by atoms with van der Waals surface area (Å²) in [6, 6.07) is 0. The van der Waals surface area contributed by atoms with Gasteiger partial charge >= 0.3 is 0 Å². The Morgan fingerprint density at radius 3 is 1.89 bits per heavy atom. The van der Waals surface area contributed by atoms with Crippen LogP contribution in [0.1, 0.15) is 27.2 Å². The van der Waals surface area contributed by atoms with Crippen LogP contribution >= 0.6 is 0 Å². The highest BCUT2D eigenvalue weighted by atomic mass is 16.3. The number of allylic oxidation sites excluding steroid dienone is 2. The molecule has 2 heteroatoms.